The summed E-state index contributed by atoms with van der Waals surface area (Å²) in [6.07, 6.45) is -3.36. The lowest BCUT2D eigenvalue weighted by molar-refractivity contribution is -0.387. The van der Waals surface area contributed by atoms with E-state index in [2.05, 4.69) is 0 Å². The molecule has 0 N–H and O–H groups in total. The number of rotatable bonds is 15. The van der Waals surface area contributed by atoms with Crippen LogP contribution in [0.25, 0.3) is 32.3 Å². The number of fused-ring (bicyclic) bond motifs is 3. The zero-order valence-corrected chi connectivity index (χ0v) is 31.2. The first kappa shape index (κ1) is 38.0. The van der Waals surface area contributed by atoms with Gasteiger partial charge in [0.2, 0.25) is 0 Å². The van der Waals surface area contributed by atoms with Crippen LogP contribution in [0.15, 0.2) is 142 Å². The van der Waals surface area contributed by atoms with Gasteiger partial charge in [0.05, 0.1) is 34.5 Å². The van der Waals surface area contributed by atoms with Gasteiger partial charge in [-0.3, -0.25) is 12.5 Å². The molecule has 54 heavy (non-hydrogen) atoms. The summed E-state index contributed by atoms with van der Waals surface area (Å²) in [6, 6.07) is 36.0. The zero-order valence-electron chi connectivity index (χ0n) is 28.7. The molecule has 0 spiro atoms. The van der Waals surface area contributed by atoms with E-state index >= 15 is 0 Å². The fraction of sp³-hybridized carbons (Fsp3) is 0.231. The highest BCUT2D eigenvalue weighted by molar-refractivity contribution is 7.87. The highest BCUT2D eigenvalue weighted by Gasteiger charge is 2.32. The van der Waals surface area contributed by atoms with Gasteiger partial charge in [-0.15, -0.1) is 0 Å². The van der Waals surface area contributed by atoms with Crippen molar-refractivity contribution in [3.8, 4) is 0 Å². The summed E-state index contributed by atoms with van der Waals surface area (Å²) < 4.78 is 112. The zero-order chi connectivity index (χ0) is 37.8. The van der Waals surface area contributed by atoms with Gasteiger partial charge in [0.1, 0.15) is 0 Å². The van der Waals surface area contributed by atoms with Gasteiger partial charge in [-0.25, -0.2) is 0 Å². The van der Waals surface area contributed by atoms with Crippen LogP contribution in [-0.4, -0.2) is 63.9 Å². The van der Waals surface area contributed by atoms with Crippen LogP contribution in [0.1, 0.15) is 19.3 Å². The minimum absolute atomic E-state index is 0.0136. The molecule has 1 fully saturated rings. The number of hydrogen-bond donors (Lipinski definition) is 0. The average Bonchev–Trinajstić information content (AvgIpc) is 3.17. The Balaban J connectivity index is 0.990. The molecule has 0 amide bonds. The van der Waals surface area contributed by atoms with E-state index in [1.54, 1.807) is 54.6 Å². The molecule has 15 heteroatoms. The van der Waals surface area contributed by atoms with Crippen LogP contribution in [-0.2, 0) is 57.1 Å². The first-order valence-electron chi connectivity index (χ1n) is 17.1. The minimum atomic E-state index is -4.14. The van der Waals surface area contributed by atoms with Crippen molar-refractivity contribution in [3.63, 3.8) is 0 Å². The lowest BCUT2D eigenvalue weighted by Gasteiger charge is -2.35. The van der Waals surface area contributed by atoms with Crippen molar-refractivity contribution in [1.82, 2.24) is 0 Å². The van der Waals surface area contributed by atoms with Crippen LogP contribution < -0.4 is 0 Å². The Bertz CT molecular complexity index is 2320. The van der Waals surface area contributed by atoms with E-state index in [1.807, 2.05) is 36.4 Å². The van der Waals surface area contributed by atoms with E-state index in [1.165, 1.54) is 36.4 Å². The third-order valence-electron chi connectivity index (χ3n) is 8.72. The molecule has 282 valence electrons. The van der Waals surface area contributed by atoms with Crippen molar-refractivity contribution in [2.24, 2.45) is 0 Å². The third-order valence-corrected chi connectivity index (χ3v) is 12.6. The quantitative estimate of drug-likeness (QED) is 0.0996. The highest BCUT2D eigenvalue weighted by atomic mass is 32.2. The van der Waals surface area contributed by atoms with Crippen LogP contribution in [0.4, 0.5) is 0 Å². The molecule has 0 atom stereocenters. The van der Waals surface area contributed by atoms with Gasteiger partial charge in [0, 0.05) is 19.3 Å². The normalized spacial score (nSPS) is 18.3. The predicted molar refractivity (Wildman–Crippen MR) is 200 cm³/mol. The molecular formula is C39H36O12S3. The summed E-state index contributed by atoms with van der Waals surface area (Å²) >= 11 is 0. The molecule has 0 unspecified atom stereocenters. The molecule has 1 aliphatic rings. The van der Waals surface area contributed by atoms with Gasteiger partial charge >= 0.3 is 0 Å². The molecule has 6 aromatic rings. The molecule has 12 nitrogen and oxygen atoms in total. The molecule has 1 aliphatic heterocycles. The Morgan fingerprint density at radius 1 is 0.370 bits per heavy atom. The highest BCUT2D eigenvalue weighted by Crippen LogP contribution is 2.27. The molecule has 0 radical (unpaired) electrons. The molecular weight excluding hydrogens is 757 g/mol. The van der Waals surface area contributed by atoms with Crippen molar-refractivity contribution in [2.45, 2.75) is 52.8 Å². The van der Waals surface area contributed by atoms with E-state index in [-0.39, 0.29) is 53.8 Å². The largest absolute Gasteiger partial charge is 0.323 e. The summed E-state index contributed by atoms with van der Waals surface area (Å²) in [5.41, 5.74) is 0. The third kappa shape index (κ3) is 9.14. The molecule has 0 bridgehead atoms. The number of ether oxygens (including phenoxy) is 3. The summed E-state index contributed by atoms with van der Waals surface area (Å²) in [5.74, 6) is 0. The van der Waals surface area contributed by atoms with Crippen LogP contribution in [0, 0.1) is 0 Å². The first-order chi connectivity index (χ1) is 25.9. The molecule has 1 saturated heterocycles. The maximum absolute atomic E-state index is 13.0. The van der Waals surface area contributed by atoms with Crippen LogP contribution in [0.5, 0.6) is 0 Å². The molecule has 1 heterocycles. The Morgan fingerprint density at radius 3 is 0.907 bits per heavy atom. The van der Waals surface area contributed by atoms with Gasteiger partial charge in [-0.1, -0.05) is 91.0 Å². The molecule has 0 aliphatic carbocycles. The molecule has 7 rings (SSSR count). The second-order valence-corrected chi connectivity index (χ2v) is 17.3. The monoisotopic (exact) mass is 792 g/mol. The molecule has 6 aromatic carbocycles. The maximum atomic E-state index is 13.0. The van der Waals surface area contributed by atoms with Gasteiger partial charge < -0.3 is 14.2 Å². The summed E-state index contributed by atoms with van der Waals surface area (Å²) in [6.45, 7) is -0.961. The fourth-order valence-electron chi connectivity index (χ4n) is 5.95. The Morgan fingerprint density at radius 2 is 0.630 bits per heavy atom. The number of benzene rings is 6. The van der Waals surface area contributed by atoms with Crippen LogP contribution in [0.3, 0.4) is 0 Å². The summed E-state index contributed by atoms with van der Waals surface area (Å²) in [4.78, 5) is -0.0408. The topological polar surface area (TPSA) is 158 Å². The van der Waals surface area contributed by atoms with Crippen molar-refractivity contribution < 1.29 is 52.0 Å². The second-order valence-electron chi connectivity index (χ2n) is 12.4. The Kier molecular flexibility index (Phi) is 11.4. The van der Waals surface area contributed by atoms with Gasteiger partial charge in [0.25, 0.3) is 30.4 Å². The van der Waals surface area contributed by atoms with Crippen molar-refractivity contribution in [1.29, 1.82) is 0 Å². The average molecular weight is 793 g/mol. The van der Waals surface area contributed by atoms with Crippen LogP contribution >= 0.6 is 0 Å². The minimum Gasteiger partial charge on any atom is -0.323 e. The molecule has 0 saturated carbocycles. The Hall–Kier alpha value is -4.29. The lowest BCUT2D eigenvalue weighted by Crippen LogP contribution is -2.42. The summed E-state index contributed by atoms with van der Waals surface area (Å²) in [5, 5.41) is 4.83. The van der Waals surface area contributed by atoms with E-state index in [4.69, 9.17) is 26.8 Å². The van der Waals surface area contributed by atoms with Gasteiger partial charge in [-0.2, -0.15) is 25.3 Å². The smallest absolute Gasteiger partial charge is 0.296 e. The second kappa shape index (κ2) is 16.2. The van der Waals surface area contributed by atoms with Gasteiger partial charge in [-0.05, 0) is 68.7 Å². The maximum Gasteiger partial charge on any atom is 0.296 e. The van der Waals surface area contributed by atoms with E-state index < -0.39 is 49.2 Å². The SMILES string of the molecule is O=S(=O)(OCCC1OC(CCOS(=O)(=O)c2ccc3ccccc3c2)OC(CCOS(=O)(=O)c2ccc3ccccc3c2)O1)c1ccc2ccccc2c1. The molecule has 0 aromatic heterocycles. The van der Waals surface area contributed by atoms with Crippen LogP contribution in [0.2, 0.25) is 0 Å². The predicted octanol–water partition coefficient (Wildman–Crippen LogP) is 6.87. The van der Waals surface area contributed by atoms with E-state index in [9.17, 15) is 25.3 Å². The number of hydrogen-bond acceptors (Lipinski definition) is 12. The lowest BCUT2D eigenvalue weighted by atomic mass is 10.1. The van der Waals surface area contributed by atoms with Crippen molar-refractivity contribution >= 4 is 62.7 Å². The van der Waals surface area contributed by atoms with E-state index in [0.29, 0.717) is 0 Å². The standard InChI is InChI=1S/C39H36O12S3/c40-52(41,34-16-13-28-7-1-4-10-31(28)25-34)46-22-19-37-49-38(20-23-47-53(42,43)35-17-14-29-8-2-5-11-32(29)26-35)51-39(50-37)21-24-48-54(44,45)36-18-15-30-9-3-6-12-33(30)27-36/h1-18,25-27,37-39H,19-24H2. The van der Waals surface area contributed by atoms with Crippen molar-refractivity contribution in [3.05, 3.63) is 127 Å². The first-order valence-corrected chi connectivity index (χ1v) is 21.3. The van der Waals surface area contributed by atoms with Gasteiger partial charge in [0.15, 0.2) is 18.9 Å². The van der Waals surface area contributed by atoms with Crippen molar-refractivity contribution in [2.75, 3.05) is 19.8 Å². The Labute approximate surface area is 313 Å². The summed E-state index contributed by atoms with van der Waals surface area (Å²) in [7, 11) is -12.4. The van der Waals surface area contributed by atoms with E-state index in [0.717, 1.165) is 32.3 Å². The fourth-order valence-corrected chi connectivity index (χ4v) is 8.82.